The van der Waals surface area contributed by atoms with Crippen LogP contribution in [0, 0.1) is 0 Å². The smallest absolute Gasteiger partial charge is 0.418 e. The summed E-state index contributed by atoms with van der Waals surface area (Å²) in [6.07, 6.45) is 1.85. The second-order valence-corrected chi connectivity index (χ2v) is 16.1. The van der Waals surface area contributed by atoms with Crippen LogP contribution in [0.3, 0.4) is 0 Å². The summed E-state index contributed by atoms with van der Waals surface area (Å²) in [6, 6.07) is 1.81. The van der Waals surface area contributed by atoms with Crippen LogP contribution in [0.2, 0.25) is 25.2 Å². The molecule has 0 aliphatic rings. The quantitative estimate of drug-likeness (QED) is 0.0950. The zero-order chi connectivity index (χ0) is 29.5. The molecule has 0 heterocycles. The maximum absolute atomic E-state index is 6.08. The molecule has 0 amide bonds. The highest BCUT2D eigenvalue weighted by Crippen LogP contribution is 2.18. The molecule has 0 aliphatic carbocycles. The Bertz CT molecular complexity index is 445. The number of nitrogens with two attached hydrogens (primary N) is 2. The van der Waals surface area contributed by atoms with Crippen molar-refractivity contribution >= 4 is 17.1 Å². The second kappa shape index (κ2) is 30.9. The average Bonchev–Trinajstić information content (AvgIpc) is 2.92. The van der Waals surface area contributed by atoms with Gasteiger partial charge in [0.1, 0.15) is 0 Å². The standard InChI is InChI=1S/C18H41NO9Si.C7H19NOSi/c1-20-6-9-23-12-15-26-29(18-4-5-19,27-16-13-24-10-7-21-2)28-17-14-25-11-8-22-3;1-4-9-10(2,3)7-5-6-8/h4-19H2,1-3H3;4-8H2,1-3H3. The summed E-state index contributed by atoms with van der Waals surface area (Å²) in [5, 5.41) is 0. The Morgan fingerprint density at radius 1 is 0.487 bits per heavy atom. The van der Waals surface area contributed by atoms with Crippen molar-refractivity contribution in [3.8, 4) is 0 Å². The van der Waals surface area contributed by atoms with E-state index >= 15 is 0 Å². The first-order chi connectivity index (χ1) is 18.9. The van der Waals surface area contributed by atoms with Crippen LogP contribution in [-0.4, -0.2) is 137 Å². The number of methoxy groups -OCH3 is 3. The van der Waals surface area contributed by atoms with Crippen LogP contribution >= 0.6 is 0 Å². The molecule has 39 heavy (non-hydrogen) atoms. The van der Waals surface area contributed by atoms with Gasteiger partial charge in [-0.3, -0.25) is 0 Å². The Morgan fingerprint density at radius 2 is 0.846 bits per heavy atom. The van der Waals surface area contributed by atoms with E-state index in [4.69, 9.17) is 57.6 Å². The molecule has 0 aromatic rings. The van der Waals surface area contributed by atoms with E-state index < -0.39 is 17.1 Å². The van der Waals surface area contributed by atoms with Gasteiger partial charge in [-0.15, -0.1) is 0 Å². The van der Waals surface area contributed by atoms with Crippen LogP contribution in [0.15, 0.2) is 0 Å². The molecule has 0 unspecified atom stereocenters. The van der Waals surface area contributed by atoms with Gasteiger partial charge in [-0.25, -0.2) is 0 Å². The molecule has 0 fully saturated rings. The van der Waals surface area contributed by atoms with E-state index in [1.807, 2.05) is 0 Å². The largest absolute Gasteiger partial charge is 0.501 e. The van der Waals surface area contributed by atoms with Crippen LogP contribution in [0.4, 0.5) is 0 Å². The fourth-order valence-corrected chi connectivity index (χ4v) is 7.64. The Kier molecular flexibility index (Phi) is 32.6. The summed E-state index contributed by atoms with van der Waals surface area (Å²) >= 11 is 0. The second-order valence-electron chi connectivity index (χ2n) is 9.02. The maximum atomic E-state index is 6.08. The third-order valence-corrected chi connectivity index (χ3v) is 10.7. The summed E-state index contributed by atoms with van der Waals surface area (Å²) in [4.78, 5) is 0. The first-order valence-electron chi connectivity index (χ1n) is 14.0. The summed E-state index contributed by atoms with van der Waals surface area (Å²) in [7, 11) is 0.664. The van der Waals surface area contributed by atoms with Crippen LogP contribution in [0.5, 0.6) is 0 Å². The van der Waals surface area contributed by atoms with Gasteiger partial charge in [0, 0.05) is 34.0 Å². The summed E-state index contributed by atoms with van der Waals surface area (Å²) < 4.78 is 55.2. The minimum absolute atomic E-state index is 0.371. The lowest BCUT2D eigenvalue weighted by Gasteiger charge is -2.30. The van der Waals surface area contributed by atoms with Crippen molar-refractivity contribution in [1.29, 1.82) is 0 Å². The number of hydrogen-bond acceptors (Lipinski definition) is 12. The van der Waals surface area contributed by atoms with E-state index in [0.717, 1.165) is 26.0 Å². The van der Waals surface area contributed by atoms with Gasteiger partial charge in [0.15, 0.2) is 8.32 Å². The normalized spacial score (nSPS) is 12.0. The molecule has 0 rings (SSSR count). The first kappa shape index (κ1) is 41.1. The summed E-state index contributed by atoms with van der Waals surface area (Å²) in [5.74, 6) is 0. The van der Waals surface area contributed by atoms with Gasteiger partial charge >= 0.3 is 8.80 Å². The van der Waals surface area contributed by atoms with Gasteiger partial charge in [-0.05, 0) is 52.0 Å². The highest BCUT2D eigenvalue weighted by Gasteiger charge is 2.40. The third-order valence-electron chi connectivity index (χ3n) is 5.15. The molecule has 0 atom stereocenters. The topological polar surface area (TPSA) is 144 Å². The van der Waals surface area contributed by atoms with Crippen molar-refractivity contribution in [2.45, 2.75) is 44.9 Å². The van der Waals surface area contributed by atoms with Crippen LogP contribution in [0.1, 0.15) is 19.8 Å². The van der Waals surface area contributed by atoms with E-state index in [2.05, 4.69) is 20.0 Å². The fraction of sp³-hybridized carbons (Fsp3) is 1.00. The average molecular weight is 605 g/mol. The molecule has 0 spiro atoms. The monoisotopic (exact) mass is 604 g/mol. The number of hydrogen-bond donors (Lipinski definition) is 2. The highest BCUT2D eigenvalue weighted by molar-refractivity contribution is 6.71. The van der Waals surface area contributed by atoms with E-state index in [0.29, 0.717) is 91.9 Å². The van der Waals surface area contributed by atoms with E-state index in [-0.39, 0.29) is 0 Å². The van der Waals surface area contributed by atoms with Crippen LogP contribution in [0.25, 0.3) is 0 Å². The van der Waals surface area contributed by atoms with Gasteiger partial charge in [0.2, 0.25) is 0 Å². The zero-order valence-corrected chi connectivity index (χ0v) is 27.7. The SMILES string of the molecule is CCO[Si](C)(C)CCCN.COCCOCCO[Si](CCCN)(OCCOCCOC)OCCOCCOC. The van der Waals surface area contributed by atoms with Gasteiger partial charge in [-0.2, -0.15) is 0 Å². The minimum Gasteiger partial charge on any atom is -0.418 e. The third kappa shape index (κ3) is 29.3. The van der Waals surface area contributed by atoms with Crippen molar-refractivity contribution in [2.24, 2.45) is 11.5 Å². The Morgan fingerprint density at radius 3 is 1.18 bits per heavy atom. The van der Waals surface area contributed by atoms with Crippen LogP contribution in [-0.2, 0) is 46.1 Å². The molecule has 0 saturated carbocycles. The Balaban J connectivity index is 0. The van der Waals surface area contributed by atoms with Gasteiger partial charge in [-0.1, -0.05) is 0 Å². The molecule has 238 valence electrons. The molecule has 0 saturated heterocycles. The van der Waals surface area contributed by atoms with Crippen molar-refractivity contribution in [3.05, 3.63) is 0 Å². The lowest BCUT2D eigenvalue weighted by molar-refractivity contribution is -0.0111. The molecule has 0 aromatic heterocycles. The predicted octanol–water partition coefficient (Wildman–Crippen LogP) is 1.89. The molecule has 0 bridgehead atoms. The van der Waals surface area contributed by atoms with E-state index in [9.17, 15) is 0 Å². The van der Waals surface area contributed by atoms with E-state index in [1.54, 1.807) is 21.3 Å². The van der Waals surface area contributed by atoms with E-state index in [1.165, 1.54) is 6.04 Å². The highest BCUT2D eigenvalue weighted by atomic mass is 28.4. The van der Waals surface area contributed by atoms with Crippen molar-refractivity contribution < 1.29 is 46.1 Å². The Labute approximate surface area is 240 Å². The minimum atomic E-state index is -2.94. The maximum Gasteiger partial charge on any atom is 0.501 e. The summed E-state index contributed by atoms with van der Waals surface area (Å²) in [6.45, 7) is 14.3. The molecule has 12 nitrogen and oxygen atoms in total. The molecule has 0 aliphatic heterocycles. The molecular formula is C25H60N2O10Si2. The lowest BCUT2D eigenvalue weighted by atomic mass is 10.5. The Hall–Kier alpha value is -0.0462. The van der Waals surface area contributed by atoms with Gasteiger partial charge < -0.3 is 57.6 Å². The zero-order valence-electron chi connectivity index (χ0n) is 25.7. The van der Waals surface area contributed by atoms with Crippen LogP contribution < -0.4 is 11.5 Å². The predicted molar refractivity (Wildman–Crippen MR) is 158 cm³/mol. The molecule has 14 heteroatoms. The van der Waals surface area contributed by atoms with Gasteiger partial charge in [0.05, 0.1) is 79.3 Å². The number of rotatable bonds is 29. The lowest BCUT2D eigenvalue weighted by Crippen LogP contribution is -2.48. The van der Waals surface area contributed by atoms with Crippen molar-refractivity contribution in [2.75, 3.05) is 120 Å². The molecule has 0 radical (unpaired) electrons. The van der Waals surface area contributed by atoms with Gasteiger partial charge in [0.25, 0.3) is 0 Å². The molecule has 0 aromatic carbocycles. The fourth-order valence-electron chi connectivity index (χ4n) is 3.15. The molecular weight excluding hydrogens is 544 g/mol. The van der Waals surface area contributed by atoms with Crippen molar-refractivity contribution in [3.63, 3.8) is 0 Å². The van der Waals surface area contributed by atoms with Crippen molar-refractivity contribution in [1.82, 2.24) is 0 Å². The number of ether oxygens (including phenoxy) is 6. The molecule has 4 N–H and O–H groups in total. The summed E-state index contributed by atoms with van der Waals surface area (Å²) in [5.41, 5.74) is 11.1. The first-order valence-corrected chi connectivity index (χ1v) is 19.1.